The lowest BCUT2D eigenvalue weighted by molar-refractivity contribution is 0.102. The molecule has 7 heteroatoms. The number of hydrogen-bond acceptors (Lipinski definition) is 6. The molecular formula is C23H22N4O3. The molecule has 152 valence electrons. The molecule has 0 spiro atoms. The predicted molar refractivity (Wildman–Crippen MR) is 114 cm³/mol. The highest BCUT2D eigenvalue weighted by molar-refractivity contribution is 6.04. The van der Waals surface area contributed by atoms with Crippen molar-refractivity contribution < 1.29 is 14.3 Å². The van der Waals surface area contributed by atoms with Gasteiger partial charge in [-0.1, -0.05) is 12.1 Å². The zero-order chi connectivity index (χ0) is 20.3. The lowest BCUT2D eigenvalue weighted by Gasteiger charge is -2.19. The van der Waals surface area contributed by atoms with Gasteiger partial charge in [0.1, 0.15) is 13.2 Å². The fraction of sp³-hybridized carbons (Fsp3) is 0.261. The Labute approximate surface area is 174 Å². The van der Waals surface area contributed by atoms with Gasteiger partial charge in [0, 0.05) is 42.2 Å². The van der Waals surface area contributed by atoms with Crippen molar-refractivity contribution in [2.45, 2.75) is 12.8 Å². The third-order valence-corrected chi connectivity index (χ3v) is 5.27. The van der Waals surface area contributed by atoms with Gasteiger partial charge in [0.25, 0.3) is 5.91 Å². The molecule has 0 radical (unpaired) electrons. The molecule has 0 atom stereocenters. The summed E-state index contributed by atoms with van der Waals surface area (Å²) in [6, 6.07) is 14.7. The van der Waals surface area contributed by atoms with Gasteiger partial charge in [-0.25, -0.2) is 9.97 Å². The topological polar surface area (TPSA) is 76.6 Å². The largest absolute Gasteiger partial charge is 0.486 e. The summed E-state index contributed by atoms with van der Waals surface area (Å²) in [5.41, 5.74) is 3.04. The third kappa shape index (κ3) is 3.78. The van der Waals surface area contributed by atoms with Crippen molar-refractivity contribution in [1.82, 2.24) is 9.97 Å². The first-order chi connectivity index (χ1) is 14.8. The number of nitrogens with one attached hydrogen (secondary N) is 1. The molecule has 7 nitrogen and oxygen atoms in total. The van der Waals surface area contributed by atoms with E-state index < -0.39 is 0 Å². The van der Waals surface area contributed by atoms with Crippen LogP contribution in [0.15, 0.2) is 54.7 Å². The van der Waals surface area contributed by atoms with Crippen molar-refractivity contribution in [2.75, 3.05) is 36.5 Å². The Kier molecular flexibility index (Phi) is 4.93. The van der Waals surface area contributed by atoms with Gasteiger partial charge >= 0.3 is 0 Å². The minimum Gasteiger partial charge on any atom is -0.486 e. The van der Waals surface area contributed by atoms with Crippen molar-refractivity contribution in [3.63, 3.8) is 0 Å². The maximum Gasteiger partial charge on any atom is 0.255 e. The van der Waals surface area contributed by atoms with Gasteiger partial charge < -0.3 is 19.7 Å². The van der Waals surface area contributed by atoms with Crippen molar-refractivity contribution in [1.29, 1.82) is 0 Å². The van der Waals surface area contributed by atoms with E-state index in [1.54, 1.807) is 36.5 Å². The highest BCUT2D eigenvalue weighted by Crippen LogP contribution is 2.32. The molecule has 1 aromatic heterocycles. The number of ether oxygens (including phenoxy) is 2. The molecule has 3 heterocycles. The monoisotopic (exact) mass is 402 g/mol. The van der Waals surface area contributed by atoms with Crippen LogP contribution >= 0.6 is 0 Å². The molecule has 1 amide bonds. The lowest BCUT2D eigenvalue weighted by atomic mass is 10.1. The normalized spacial score (nSPS) is 15.1. The Morgan fingerprint density at radius 2 is 1.70 bits per heavy atom. The van der Waals surface area contributed by atoms with Crippen LogP contribution in [0.3, 0.4) is 0 Å². The zero-order valence-electron chi connectivity index (χ0n) is 16.5. The number of anilines is 2. The summed E-state index contributed by atoms with van der Waals surface area (Å²) in [6.45, 7) is 3.05. The van der Waals surface area contributed by atoms with E-state index in [-0.39, 0.29) is 5.91 Å². The first-order valence-electron chi connectivity index (χ1n) is 10.2. The smallest absolute Gasteiger partial charge is 0.255 e. The van der Waals surface area contributed by atoms with Crippen molar-refractivity contribution in [3.05, 3.63) is 60.3 Å². The second kappa shape index (κ2) is 8.02. The molecule has 0 bridgehead atoms. The fourth-order valence-corrected chi connectivity index (χ4v) is 3.70. The maximum atomic E-state index is 12.6. The summed E-state index contributed by atoms with van der Waals surface area (Å²) >= 11 is 0. The van der Waals surface area contributed by atoms with E-state index in [2.05, 4.69) is 15.2 Å². The van der Waals surface area contributed by atoms with Crippen molar-refractivity contribution in [2.24, 2.45) is 0 Å². The Hall–Kier alpha value is -3.61. The summed E-state index contributed by atoms with van der Waals surface area (Å²) in [7, 11) is 0. The van der Waals surface area contributed by atoms with Gasteiger partial charge in [-0.15, -0.1) is 0 Å². The molecule has 3 aromatic rings. The van der Waals surface area contributed by atoms with Gasteiger partial charge in [-0.2, -0.15) is 0 Å². The van der Waals surface area contributed by atoms with Crippen molar-refractivity contribution >= 4 is 17.5 Å². The average Bonchev–Trinajstić information content (AvgIpc) is 3.34. The van der Waals surface area contributed by atoms with Crippen LogP contribution in [-0.2, 0) is 0 Å². The molecule has 1 saturated heterocycles. The van der Waals surface area contributed by atoms with Crippen LogP contribution in [-0.4, -0.2) is 42.2 Å². The molecule has 1 fully saturated rings. The van der Waals surface area contributed by atoms with Crippen LogP contribution in [0.4, 0.5) is 11.6 Å². The number of hydrogen-bond donors (Lipinski definition) is 1. The SMILES string of the molecule is O=C(Nc1ccc2c(c1)OCCO2)c1ccc(-c2ccnc(N3CCCC3)n2)cc1. The average molecular weight is 402 g/mol. The van der Waals surface area contributed by atoms with Gasteiger partial charge in [0.2, 0.25) is 5.95 Å². The van der Waals surface area contributed by atoms with E-state index in [0.29, 0.717) is 36.0 Å². The fourth-order valence-electron chi connectivity index (χ4n) is 3.70. The molecule has 30 heavy (non-hydrogen) atoms. The molecule has 0 unspecified atom stereocenters. The minimum absolute atomic E-state index is 0.182. The minimum atomic E-state index is -0.182. The second-order valence-electron chi connectivity index (χ2n) is 7.33. The van der Waals surface area contributed by atoms with Crippen LogP contribution in [0, 0.1) is 0 Å². The summed E-state index contributed by atoms with van der Waals surface area (Å²) in [5, 5.41) is 2.91. The van der Waals surface area contributed by atoms with Crippen molar-refractivity contribution in [3.8, 4) is 22.8 Å². The van der Waals surface area contributed by atoms with E-state index in [1.807, 2.05) is 18.2 Å². The van der Waals surface area contributed by atoms with Crippen LogP contribution in [0.5, 0.6) is 11.5 Å². The van der Waals surface area contributed by atoms with Gasteiger partial charge in [0.15, 0.2) is 11.5 Å². The maximum absolute atomic E-state index is 12.6. The van der Waals surface area contributed by atoms with Gasteiger partial charge in [0.05, 0.1) is 5.69 Å². The first-order valence-corrected chi connectivity index (χ1v) is 10.2. The molecule has 0 saturated carbocycles. The molecule has 2 aromatic carbocycles. The molecular weight excluding hydrogens is 380 g/mol. The van der Waals surface area contributed by atoms with E-state index in [9.17, 15) is 4.79 Å². The van der Waals surface area contributed by atoms with E-state index in [0.717, 1.165) is 30.3 Å². The standard InChI is InChI=1S/C23H22N4O3/c28-22(25-18-7-8-20-21(15-18)30-14-13-29-20)17-5-3-16(4-6-17)19-9-10-24-23(26-19)27-11-1-2-12-27/h3-10,15H,1-2,11-14H2,(H,25,28). The van der Waals surface area contributed by atoms with Crippen LogP contribution in [0.2, 0.25) is 0 Å². The van der Waals surface area contributed by atoms with Crippen LogP contribution in [0.25, 0.3) is 11.3 Å². The first kappa shape index (κ1) is 18.4. The van der Waals surface area contributed by atoms with Gasteiger partial charge in [-0.05, 0) is 43.2 Å². The molecule has 1 N–H and O–H groups in total. The van der Waals surface area contributed by atoms with Crippen LogP contribution < -0.4 is 19.7 Å². The Morgan fingerprint density at radius 3 is 2.50 bits per heavy atom. The van der Waals surface area contributed by atoms with Crippen LogP contribution in [0.1, 0.15) is 23.2 Å². The number of carbonyl (C=O) groups is 1. The summed E-state index contributed by atoms with van der Waals surface area (Å²) in [6.07, 6.45) is 4.15. The number of nitrogens with zero attached hydrogens (tertiary/aromatic N) is 3. The number of carbonyl (C=O) groups excluding carboxylic acids is 1. The highest BCUT2D eigenvalue weighted by atomic mass is 16.6. The lowest BCUT2D eigenvalue weighted by Crippen LogP contribution is -2.20. The van der Waals surface area contributed by atoms with E-state index in [4.69, 9.17) is 14.5 Å². The zero-order valence-corrected chi connectivity index (χ0v) is 16.5. The highest BCUT2D eigenvalue weighted by Gasteiger charge is 2.16. The Balaban J connectivity index is 1.30. The Morgan fingerprint density at radius 1 is 0.933 bits per heavy atom. The van der Waals surface area contributed by atoms with Gasteiger partial charge in [-0.3, -0.25) is 4.79 Å². The summed E-state index contributed by atoms with van der Waals surface area (Å²) in [4.78, 5) is 23.9. The second-order valence-corrected chi connectivity index (χ2v) is 7.33. The third-order valence-electron chi connectivity index (χ3n) is 5.27. The molecule has 5 rings (SSSR count). The number of fused-ring (bicyclic) bond motifs is 1. The summed E-state index contributed by atoms with van der Waals surface area (Å²) < 4.78 is 11.1. The quantitative estimate of drug-likeness (QED) is 0.716. The number of benzene rings is 2. The number of rotatable bonds is 4. The molecule has 2 aliphatic rings. The Bertz CT molecular complexity index is 1060. The molecule has 2 aliphatic heterocycles. The summed E-state index contributed by atoms with van der Waals surface area (Å²) in [5.74, 6) is 1.93. The molecule has 0 aliphatic carbocycles. The van der Waals surface area contributed by atoms with E-state index >= 15 is 0 Å². The number of aromatic nitrogens is 2. The van der Waals surface area contributed by atoms with E-state index in [1.165, 1.54) is 12.8 Å². The number of amides is 1. The predicted octanol–water partition coefficient (Wildman–Crippen LogP) is 3.77.